The standard InChI is InChI=1S/C14H19BF3NO4S/c1-6-21-11(20)7-8(14(16,17)18)9(24-10(7)19)15-22-12(2,3)13(4,5)23-15/h6,19H2,1-5H3. The number of anilines is 1. The van der Waals surface area contributed by atoms with E-state index >= 15 is 0 Å². The van der Waals surface area contributed by atoms with Crippen molar-refractivity contribution in [2.24, 2.45) is 0 Å². The predicted octanol–water partition coefficient (Wildman–Crippen LogP) is 2.83. The Morgan fingerprint density at radius 3 is 2.17 bits per heavy atom. The number of hydrogen-bond acceptors (Lipinski definition) is 6. The molecule has 1 aliphatic heterocycles. The molecule has 0 amide bonds. The molecule has 1 aliphatic rings. The van der Waals surface area contributed by atoms with Gasteiger partial charge < -0.3 is 19.8 Å². The van der Waals surface area contributed by atoms with Crippen LogP contribution in [0.5, 0.6) is 0 Å². The Morgan fingerprint density at radius 1 is 1.25 bits per heavy atom. The Morgan fingerprint density at radius 2 is 1.75 bits per heavy atom. The van der Waals surface area contributed by atoms with E-state index in [0.717, 1.165) is 0 Å². The zero-order valence-corrected chi connectivity index (χ0v) is 14.9. The van der Waals surface area contributed by atoms with Gasteiger partial charge in [0.05, 0.1) is 28.1 Å². The van der Waals surface area contributed by atoms with Crippen molar-refractivity contribution >= 4 is 34.2 Å². The van der Waals surface area contributed by atoms with Gasteiger partial charge in [0.15, 0.2) is 0 Å². The molecule has 24 heavy (non-hydrogen) atoms. The summed E-state index contributed by atoms with van der Waals surface area (Å²) in [6, 6.07) is 0. The molecular weight excluding hydrogens is 346 g/mol. The summed E-state index contributed by atoms with van der Waals surface area (Å²) < 4.78 is 56.6. The Hall–Kier alpha value is -1.26. The first-order chi connectivity index (χ1) is 10.8. The van der Waals surface area contributed by atoms with Gasteiger partial charge >= 0.3 is 19.3 Å². The summed E-state index contributed by atoms with van der Waals surface area (Å²) in [5.74, 6) is -1.11. The molecule has 0 bridgehead atoms. The van der Waals surface area contributed by atoms with Crippen molar-refractivity contribution in [3.8, 4) is 0 Å². The minimum atomic E-state index is -4.80. The lowest BCUT2D eigenvalue weighted by molar-refractivity contribution is -0.137. The van der Waals surface area contributed by atoms with Gasteiger partial charge in [-0.2, -0.15) is 13.2 Å². The number of esters is 1. The average molecular weight is 365 g/mol. The minimum absolute atomic E-state index is 0.0583. The summed E-state index contributed by atoms with van der Waals surface area (Å²) in [4.78, 5) is 11.9. The number of nitrogens with two attached hydrogens (primary N) is 1. The first-order valence-electron chi connectivity index (χ1n) is 7.34. The Balaban J connectivity index is 2.57. The summed E-state index contributed by atoms with van der Waals surface area (Å²) in [6.07, 6.45) is -4.80. The zero-order chi connectivity index (χ0) is 18.5. The van der Waals surface area contributed by atoms with Gasteiger partial charge in [0, 0.05) is 0 Å². The van der Waals surface area contributed by atoms with E-state index in [4.69, 9.17) is 19.8 Å². The van der Waals surface area contributed by atoms with Crippen molar-refractivity contribution in [1.29, 1.82) is 0 Å². The van der Waals surface area contributed by atoms with Crippen molar-refractivity contribution in [3.05, 3.63) is 11.1 Å². The number of carbonyl (C=O) groups excluding carboxylic acids is 1. The van der Waals surface area contributed by atoms with Crippen LogP contribution in [-0.4, -0.2) is 30.9 Å². The highest BCUT2D eigenvalue weighted by Gasteiger charge is 2.55. The van der Waals surface area contributed by atoms with Gasteiger partial charge in [-0.15, -0.1) is 11.3 Å². The van der Waals surface area contributed by atoms with Crippen LogP contribution >= 0.6 is 11.3 Å². The molecule has 0 atom stereocenters. The number of hydrogen-bond donors (Lipinski definition) is 1. The molecule has 134 valence electrons. The van der Waals surface area contributed by atoms with Crippen molar-refractivity contribution in [3.63, 3.8) is 0 Å². The topological polar surface area (TPSA) is 70.8 Å². The molecule has 2 heterocycles. The van der Waals surface area contributed by atoms with Crippen LogP contribution in [-0.2, 0) is 20.2 Å². The van der Waals surface area contributed by atoms with Crippen LogP contribution in [0.4, 0.5) is 18.2 Å². The van der Waals surface area contributed by atoms with E-state index in [1.54, 1.807) is 27.7 Å². The van der Waals surface area contributed by atoms with E-state index < -0.39 is 41.6 Å². The van der Waals surface area contributed by atoms with Gasteiger partial charge in [-0.05, 0) is 34.6 Å². The van der Waals surface area contributed by atoms with Gasteiger partial charge in [-0.3, -0.25) is 0 Å². The molecule has 0 aromatic carbocycles. The molecule has 1 fully saturated rings. The predicted molar refractivity (Wildman–Crippen MR) is 85.4 cm³/mol. The highest BCUT2D eigenvalue weighted by Crippen LogP contribution is 2.42. The Kier molecular flexibility index (Phi) is 4.71. The number of ether oxygens (including phenoxy) is 1. The van der Waals surface area contributed by atoms with Crippen LogP contribution in [0, 0.1) is 0 Å². The van der Waals surface area contributed by atoms with E-state index in [1.807, 2.05) is 0 Å². The highest BCUT2D eigenvalue weighted by molar-refractivity contribution is 7.26. The minimum Gasteiger partial charge on any atom is -0.462 e. The zero-order valence-electron chi connectivity index (χ0n) is 14.0. The number of carbonyl (C=O) groups is 1. The molecule has 0 unspecified atom stereocenters. The van der Waals surface area contributed by atoms with Gasteiger partial charge in [0.25, 0.3) is 0 Å². The van der Waals surface area contributed by atoms with Crippen LogP contribution in [0.2, 0.25) is 0 Å². The maximum atomic E-state index is 13.6. The maximum Gasteiger partial charge on any atom is 0.506 e. The SMILES string of the molecule is CCOC(=O)c1c(N)sc(B2OC(C)(C)C(C)(C)O2)c1C(F)(F)F. The summed E-state index contributed by atoms with van der Waals surface area (Å²) in [7, 11) is -1.26. The summed E-state index contributed by atoms with van der Waals surface area (Å²) in [5.41, 5.74) is 2.21. The lowest BCUT2D eigenvalue weighted by Crippen LogP contribution is -2.41. The van der Waals surface area contributed by atoms with Crippen LogP contribution in [0.25, 0.3) is 0 Å². The summed E-state index contributed by atoms with van der Waals surface area (Å²) >= 11 is 0.628. The quantitative estimate of drug-likeness (QED) is 0.659. The number of thiophene rings is 1. The second-order valence-electron chi connectivity index (χ2n) is 6.39. The van der Waals surface area contributed by atoms with E-state index in [2.05, 4.69) is 0 Å². The Bertz CT molecular complexity index is 641. The number of nitrogen functional groups attached to an aromatic ring is 1. The lowest BCUT2D eigenvalue weighted by atomic mass is 9.83. The second kappa shape index (κ2) is 5.92. The van der Waals surface area contributed by atoms with Gasteiger partial charge in [0.2, 0.25) is 0 Å². The molecule has 1 saturated heterocycles. The van der Waals surface area contributed by atoms with Crippen LogP contribution in [0.15, 0.2) is 0 Å². The third kappa shape index (κ3) is 3.14. The van der Waals surface area contributed by atoms with Crippen molar-refractivity contribution in [2.45, 2.75) is 52.0 Å². The number of rotatable bonds is 3. The lowest BCUT2D eigenvalue weighted by Gasteiger charge is -2.32. The molecule has 0 radical (unpaired) electrons. The molecule has 0 saturated carbocycles. The molecule has 0 aliphatic carbocycles. The van der Waals surface area contributed by atoms with Crippen LogP contribution < -0.4 is 10.5 Å². The van der Waals surface area contributed by atoms with E-state index in [-0.39, 0.29) is 16.4 Å². The molecule has 2 N–H and O–H groups in total. The largest absolute Gasteiger partial charge is 0.506 e. The fraction of sp³-hybridized carbons (Fsp3) is 0.643. The first kappa shape index (κ1) is 19.1. The van der Waals surface area contributed by atoms with Crippen LogP contribution in [0.1, 0.15) is 50.5 Å². The van der Waals surface area contributed by atoms with Crippen molar-refractivity contribution < 1.29 is 32.0 Å². The second-order valence-corrected chi connectivity index (χ2v) is 7.47. The fourth-order valence-electron chi connectivity index (χ4n) is 2.27. The number of alkyl halides is 3. The smallest absolute Gasteiger partial charge is 0.462 e. The maximum absolute atomic E-state index is 13.6. The molecule has 5 nitrogen and oxygen atoms in total. The number of halogens is 3. The van der Waals surface area contributed by atoms with Crippen LogP contribution in [0.3, 0.4) is 0 Å². The highest BCUT2D eigenvalue weighted by atomic mass is 32.1. The molecule has 10 heteroatoms. The Labute approximate surface area is 142 Å². The summed E-state index contributed by atoms with van der Waals surface area (Å²) in [6.45, 7) is 8.35. The van der Waals surface area contributed by atoms with E-state index in [0.29, 0.717) is 11.3 Å². The van der Waals surface area contributed by atoms with Crippen molar-refractivity contribution in [2.75, 3.05) is 12.3 Å². The summed E-state index contributed by atoms with van der Waals surface area (Å²) in [5, 5.41) is -0.273. The molecule has 2 rings (SSSR count). The van der Waals surface area contributed by atoms with Gasteiger partial charge in [-0.25, -0.2) is 4.79 Å². The molecule has 1 aromatic rings. The molecular formula is C14H19BF3NO4S. The normalized spacial score (nSPS) is 19.6. The third-order valence-electron chi connectivity index (χ3n) is 4.19. The third-order valence-corrected chi connectivity index (χ3v) is 5.23. The van der Waals surface area contributed by atoms with Gasteiger partial charge in [-0.1, -0.05) is 0 Å². The average Bonchev–Trinajstić information content (AvgIpc) is 2.84. The molecule has 0 spiro atoms. The van der Waals surface area contributed by atoms with Crippen molar-refractivity contribution in [1.82, 2.24) is 0 Å². The first-order valence-corrected chi connectivity index (χ1v) is 8.15. The monoisotopic (exact) mass is 365 g/mol. The fourth-order valence-corrected chi connectivity index (χ4v) is 3.31. The van der Waals surface area contributed by atoms with Gasteiger partial charge in [0.1, 0.15) is 10.6 Å². The molecule has 1 aromatic heterocycles. The van der Waals surface area contributed by atoms with E-state index in [1.165, 1.54) is 6.92 Å². The van der Waals surface area contributed by atoms with E-state index in [9.17, 15) is 18.0 Å².